The molecule has 0 amide bonds. The van der Waals surface area contributed by atoms with Crippen LogP contribution in [0.1, 0.15) is 127 Å². The SMILES string of the molecule is COC(=O)[C@@]1(C)CC[C@]2(C)CC[C@]3(C)C(=CC(=O)[C@@H]4[C@@]5(C)CC[C@H](OC(=O)[C@@H](N)CC(C)C)C(C)(C)[C@@H]5CC[C@]43C)[C@@H]2C1. The van der Waals surface area contributed by atoms with E-state index in [0.717, 1.165) is 57.8 Å². The van der Waals surface area contributed by atoms with Gasteiger partial charge in [-0.2, -0.15) is 0 Å². The smallest absolute Gasteiger partial charge is 0.323 e. The normalized spacial score (nSPS) is 46.0. The highest BCUT2D eigenvalue weighted by Crippen LogP contribution is 2.75. The molecule has 4 saturated carbocycles. The Morgan fingerprint density at radius 1 is 0.953 bits per heavy atom. The summed E-state index contributed by atoms with van der Waals surface area (Å²) in [6.45, 7) is 20.3. The fourth-order valence-corrected chi connectivity index (χ4v) is 11.6. The number of ether oxygens (including phenoxy) is 2. The van der Waals surface area contributed by atoms with Crippen LogP contribution in [0.15, 0.2) is 11.6 Å². The molecule has 2 N–H and O–H groups in total. The van der Waals surface area contributed by atoms with E-state index in [1.165, 1.54) is 12.7 Å². The van der Waals surface area contributed by atoms with Gasteiger partial charge in [0.25, 0.3) is 0 Å². The van der Waals surface area contributed by atoms with Gasteiger partial charge in [0.2, 0.25) is 0 Å². The number of nitrogens with two attached hydrogens (primary N) is 1. The van der Waals surface area contributed by atoms with Gasteiger partial charge in [-0.15, -0.1) is 0 Å². The fraction of sp³-hybridized carbons (Fsp3) is 0.865. The molecule has 43 heavy (non-hydrogen) atoms. The van der Waals surface area contributed by atoms with Crippen LogP contribution in [0.25, 0.3) is 0 Å². The zero-order valence-electron chi connectivity index (χ0n) is 28.7. The minimum atomic E-state index is -0.597. The van der Waals surface area contributed by atoms with Crippen molar-refractivity contribution in [2.24, 2.45) is 61.9 Å². The monoisotopic (exact) mass is 597 g/mol. The van der Waals surface area contributed by atoms with Crippen molar-refractivity contribution in [1.82, 2.24) is 0 Å². The highest BCUT2D eigenvalue weighted by Gasteiger charge is 2.70. The summed E-state index contributed by atoms with van der Waals surface area (Å²) in [6.07, 6.45) is 10.9. The van der Waals surface area contributed by atoms with Crippen molar-refractivity contribution >= 4 is 17.7 Å². The number of hydrogen-bond acceptors (Lipinski definition) is 6. The van der Waals surface area contributed by atoms with Crippen molar-refractivity contribution in [3.63, 3.8) is 0 Å². The molecule has 242 valence electrons. The highest BCUT2D eigenvalue weighted by atomic mass is 16.5. The Morgan fingerprint density at radius 2 is 1.60 bits per heavy atom. The van der Waals surface area contributed by atoms with Crippen molar-refractivity contribution < 1.29 is 23.9 Å². The van der Waals surface area contributed by atoms with Crippen LogP contribution in [-0.2, 0) is 23.9 Å². The van der Waals surface area contributed by atoms with Gasteiger partial charge in [-0.1, -0.05) is 61.0 Å². The van der Waals surface area contributed by atoms with E-state index in [1.54, 1.807) is 0 Å². The van der Waals surface area contributed by atoms with E-state index in [1.807, 2.05) is 0 Å². The number of fused-ring (bicyclic) bond motifs is 7. The van der Waals surface area contributed by atoms with E-state index < -0.39 is 11.5 Å². The molecule has 0 radical (unpaired) electrons. The molecule has 10 atom stereocenters. The second kappa shape index (κ2) is 10.4. The van der Waals surface area contributed by atoms with Crippen LogP contribution in [0.5, 0.6) is 0 Å². The van der Waals surface area contributed by atoms with Gasteiger partial charge in [0.05, 0.1) is 12.5 Å². The Morgan fingerprint density at radius 3 is 2.23 bits per heavy atom. The van der Waals surface area contributed by atoms with Gasteiger partial charge in [-0.3, -0.25) is 14.4 Å². The molecule has 0 bridgehead atoms. The minimum absolute atomic E-state index is 0.0773. The average Bonchev–Trinajstić information content (AvgIpc) is 2.91. The van der Waals surface area contributed by atoms with Gasteiger partial charge >= 0.3 is 11.9 Å². The first-order chi connectivity index (χ1) is 19.8. The van der Waals surface area contributed by atoms with Gasteiger partial charge in [-0.25, -0.2) is 0 Å². The average molecular weight is 598 g/mol. The molecular formula is C37H59NO5. The van der Waals surface area contributed by atoms with Crippen molar-refractivity contribution in [3.8, 4) is 0 Å². The van der Waals surface area contributed by atoms with E-state index in [4.69, 9.17) is 15.2 Å². The summed E-state index contributed by atoms with van der Waals surface area (Å²) in [6, 6.07) is -0.597. The Balaban J connectivity index is 1.48. The second-order valence-corrected chi connectivity index (χ2v) is 17.8. The highest BCUT2D eigenvalue weighted by molar-refractivity contribution is 5.95. The third-order valence-electron chi connectivity index (χ3n) is 14.5. The van der Waals surface area contributed by atoms with E-state index >= 15 is 0 Å². The van der Waals surface area contributed by atoms with Crippen LogP contribution in [-0.4, -0.2) is 37.0 Å². The zero-order valence-corrected chi connectivity index (χ0v) is 28.7. The standard InChI is InChI=1S/C37H59NO5/c1-22(2)19-25(38)30(40)43-28-12-13-35(7)27(32(28,3)4)11-14-37(9)29(35)26(39)20-23-24-21-34(6,31(41)42-10)16-15-33(24,5)17-18-36(23,37)8/h20,22,24-25,27-29H,11-19,21,38H2,1-10H3/t24-,25-,27-,28-,29+,33+,34-,35-,36+,37+/m0/s1. The van der Waals surface area contributed by atoms with Gasteiger partial charge in [-0.05, 0) is 117 Å². The molecule has 4 fully saturated rings. The van der Waals surface area contributed by atoms with Crippen molar-refractivity contribution in [2.45, 2.75) is 139 Å². The van der Waals surface area contributed by atoms with E-state index in [0.29, 0.717) is 12.3 Å². The molecule has 0 aliphatic heterocycles. The molecule has 0 spiro atoms. The number of carbonyl (C=O) groups excluding carboxylic acids is 3. The van der Waals surface area contributed by atoms with Crippen molar-refractivity contribution in [2.75, 3.05) is 7.11 Å². The molecule has 0 aromatic rings. The largest absolute Gasteiger partial charge is 0.469 e. The first-order valence-corrected chi connectivity index (χ1v) is 17.1. The van der Waals surface area contributed by atoms with Gasteiger partial charge in [0, 0.05) is 11.3 Å². The first-order valence-electron chi connectivity index (χ1n) is 17.1. The Kier molecular flexibility index (Phi) is 7.92. The summed E-state index contributed by atoms with van der Waals surface area (Å²) in [5.74, 6) is 0.595. The molecule has 0 aromatic heterocycles. The second-order valence-electron chi connectivity index (χ2n) is 17.8. The summed E-state index contributed by atoms with van der Waals surface area (Å²) in [7, 11) is 1.50. The van der Waals surface area contributed by atoms with E-state index in [9.17, 15) is 14.4 Å². The maximum atomic E-state index is 14.6. The quantitative estimate of drug-likeness (QED) is 0.331. The third-order valence-corrected chi connectivity index (χ3v) is 14.5. The van der Waals surface area contributed by atoms with Crippen LogP contribution in [0.3, 0.4) is 0 Å². The number of rotatable bonds is 5. The molecule has 6 nitrogen and oxygen atoms in total. The lowest BCUT2D eigenvalue weighted by molar-refractivity contribution is -0.211. The summed E-state index contributed by atoms with van der Waals surface area (Å²) in [4.78, 5) is 40.6. The third kappa shape index (κ3) is 4.69. The summed E-state index contributed by atoms with van der Waals surface area (Å²) < 4.78 is 11.5. The minimum Gasteiger partial charge on any atom is -0.469 e. The molecule has 6 heteroatoms. The van der Waals surface area contributed by atoms with Gasteiger partial charge < -0.3 is 15.2 Å². The van der Waals surface area contributed by atoms with Gasteiger partial charge in [0.15, 0.2) is 5.78 Å². The first kappa shape index (κ1) is 32.7. The van der Waals surface area contributed by atoms with E-state index in [2.05, 4.69) is 68.4 Å². The Labute approximate surface area is 260 Å². The van der Waals surface area contributed by atoms with Crippen molar-refractivity contribution in [1.29, 1.82) is 0 Å². The maximum Gasteiger partial charge on any atom is 0.323 e. The number of ketones is 1. The number of allylic oxidation sites excluding steroid dienone is 2. The van der Waals surface area contributed by atoms with Crippen LogP contribution >= 0.6 is 0 Å². The molecule has 5 aliphatic rings. The fourth-order valence-electron chi connectivity index (χ4n) is 11.6. The number of esters is 2. The Bertz CT molecular complexity index is 1210. The predicted molar refractivity (Wildman–Crippen MR) is 169 cm³/mol. The summed E-state index contributed by atoms with van der Waals surface area (Å²) >= 11 is 0. The predicted octanol–water partition coefficient (Wildman–Crippen LogP) is 7.43. The summed E-state index contributed by atoms with van der Waals surface area (Å²) in [5.41, 5.74) is 6.41. The number of hydrogen-bond donors (Lipinski definition) is 1. The lowest BCUT2D eigenvalue weighted by Gasteiger charge is -2.70. The van der Waals surface area contributed by atoms with Crippen LogP contribution in [0, 0.1) is 56.2 Å². The molecular weight excluding hydrogens is 538 g/mol. The zero-order chi connectivity index (χ0) is 32.0. The lowest BCUT2D eigenvalue weighted by atomic mass is 9.33. The van der Waals surface area contributed by atoms with Crippen LogP contribution < -0.4 is 5.73 Å². The maximum absolute atomic E-state index is 14.6. The Hall–Kier alpha value is -1.69. The topological polar surface area (TPSA) is 95.7 Å². The van der Waals surface area contributed by atoms with Crippen LogP contribution in [0.2, 0.25) is 0 Å². The lowest BCUT2D eigenvalue weighted by Crippen LogP contribution is -2.67. The molecule has 0 saturated heterocycles. The number of methoxy groups -OCH3 is 1. The van der Waals surface area contributed by atoms with Crippen molar-refractivity contribution in [3.05, 3.63) is 11.6 Å². The molecule has 0 heterocycles. The molecule has 5 rings (SSSR count). The van der Waals surface area contributed by atoms with Gasteiger partial charge in [0.1, 0.15) is 12.1 Å². The molecule has 5 aliphatic carbocycles. The van der Waals surface area contributed by atoms with Crippen LogP contribution in [0.4, 0.5) is 0 Å². The summed E-state index contributed by atoms with van der Waals surface area (Å²) in [5, 5.41) is 0. The molecule has 0 aromatic carbocycles. The molecule has 0 unspecified atom stereocenters. The van der Waals surface area contributed by atoms with E-state index in [-0.39, 0.29) is 68.7 Å². The number of carbonyl (C=O) groups is 3.